The molecule has 0 bridgehead atoms. The molecule has 1 amide bonds. The van der Waals surface area contributed by atoms with Crippen molar-refractivity contribution in [3.63, 3.8) is 0 Å². The van der Waals surface area contributed by atoms with E-state index in [0.29, 0.717) is 0 Å². The van der Waals surface area contributed by atoms with Crippen molar-refractivity contribution < 1.29 is 4.79 Å². The summed E-state index contributed by atoms with van der Waals surface area (Å²) in [5.74, 6) is 0.0178. The van der Waals surface area contributed by atoms with E-state index in [1.165, 1.54) is 5.56 Å². The second-order valence-electron chi connectivity index (χ2n) is 5.97. The number of fused-ring (bicyclic) bond motifs is 1. The van der Waals surface area contributed by atoms with Crippen LogP contribution < -0.4 is 5.32 Å². The van der Waals surface area contributed by atoms with Gasteiger partial charge in [-0.3, -0.25) is 4.79 Å². The number of hydrogen-bond donors (Lipinski definition) is 1. The first-order valence-electron chi connectivity index (χ1n) is 7.85. The Morgan fingerprint density at radius 2 is 1.87 bits per heavy atom. The number of para-hydroxylation sites is 1. The number of likely N-dealkylation sites (tertiary alicyclic amines) is 1. The summed E-state index contributed by atoms with van der Waals surface area (Å²) in [6.07, 6.45) is 2.03. The molecule has 3 nitrogen and oxygen atoms in total. The van der Waals surface area contributed by atoms with Crippen molar-refractivity contribution >= 4 is 28.8 Å². The lowest BCUT2D eigenvalue weighted by Crippen LogP contribution is -2.20. The van der Waals surface area contributed by atoms with Crippen molar-refractivity contribution in [2.24, 2.45) is 0 Å². The van der Waals surface area contributed by atoms with Gasteiger partial charge in [-0.05, 0) is 36.6 Å². The number of benzene rings is 2. The number of nitrogens with one attached hydrogen (secondary N) is 1. The van der Waals surface area contributed by atoms with Crippen LogP contribution in [0.3, 0.4) is 0 Å². The van der Waals surface area contributed by atoms with Gasteiger partial charge in [0.15, 0.2) is 0 Å². The van der Waals surface area contributed by atoms with Gasteiger partial charge in [0.2, 0.25) is 0 Å². The first-order chi connectivity index (χ1) is 11.2. The number of nitrogens with zero attached hydrogens (tertiary/aromatic N) is 1. The lowest BCUT2D eigenvalue weighted by molar-refractivity contribution is -0.110. The molecule has 0 saturated carbocycles. The molecule has 1 N–H and O–H groups in total. The zero-order valence-corrected chi connectivity index (χ0v) is 13.4. The van der Waals surface area contributed by atoms with Gasteiger partial charge in [0, 0.05) is 35.1 Å². The number of carbonyl (C=O) groups excluding carboxylic acids is 1. The van der Waals surface area contributed by atoms with Crippen molar-refractivity contribution in [3.8, 4) is 0 Å². The standard InChI is InChI=1S/C19H17ClN2O/c20-14-9-7-13(8-10-14)12-22-11-3-6-17(22)18-15-4-1-2-5-16(15)21-19(18)23/h1-2,4-5,7-10H,3,6,11-12H2,(H,21,23)/b18-17+. The van der Waals surface area contributed by atoms with Crippen LogP contribution in [-0.2, 0) is 11.3 Å². The summed E-state index contributed by atoms with van der Waals surface area (Å²) in [6, 6.07) is 15.8. The quantitative estimate of drug-likeness (QED) is 0.835. The van der Waals surface area contributed by atoms with Crippen molar-refractivity contribution in [3.05, 3.63) is 70.4 Å². The van der Waals surface area contributed by atoms with E-state index in [1.807, 2.05) is 48.5 Å². The van der Waals surface area contributed by atoms with Crippen molar-refractivity contribution in [1.29, 1.82) is 0 Å². The van der Waals surface area contributed by atoms with Crippen LogP contribution in [-0.4, -0.2) is 17.4 Å². The Balaban J connectivity index is 1.70. The Bertz CT molecular complexity index is 795. The Morgan fingerprint density at radius 3 is 2.70 bits per heavy atom. The van der Waals surface area contributed by atoms with Crippen LogP contribution in [0.1, 0.15) is 24.0 Å². The fourth-order valence-electron chi connectivity index (χ4n) is 3.40. The highest BCUT2D eigenvalue weighted by Gasteiger charge is 2.31. The van der Waals surface area contributed by atoms with Crippen molar-refractivity contribution in [1.82, 2.24) is 4.90 Å². The zero-order chi connectivity index (χ0) is 15.8. The number of allylic oxidation sites excluding steroid dienone is 1. The summed E-state index contributed by atoms with van der Waals surface area (Å²) in [6.45, 7) is 1.79. The smallest absolute Gasteiger partial charge is 0.258 e. The summed E-state index contributed by atoms with van der Waals surface area (Å²) in [4.78, 5) is 14.8. The van der Waals surface area contributed by atoms with Crippen molar-refractivity contribution in [2.75, 3.05) is 11.9 Å². The molecule has 4 heteroatoms. The van der Waals surface area contributed by atoms with E-state index in [-0.39, 0.29) is 5.91 Å². The lowest BCUT2D eigenvalue weighted by atomic mass is 10.0. The molecule has 2 heterocycles. The number of rotatable bonds is 2. The fraction of sp³-hybridized carbons (Fsp3) is 0.211. The van der Waals surface area contributed by atoms with Crippen LogP contribution in [0.15, 0.2) is 54.2 Å². The van der Waals surface area contributed by atoms with Crippen LogP contribution >= 0.6 is 11.6 Å². The molecule has 0 radical (unpaired) electrons. The maximum absolute atomic E-state index is 12.4. The van der Waals surface area contributed by atoms with Crippen LogP contribution in [0, 0.1) is 0 Å². The van der Waals surface area contributed by atoms with Gasteiger partial charge in [0.25, 0.3) is 5.91 Å². The molecule has 1 fully saturated rings. The summed E-state index contributed by atoms with van der Waals surface area (Å²) < 4.78 is 0. The van der Waals surface area contributed by atoms with E-state index in [4.69, 9.17) is 11.6 Å². The zero-order valence-electron chi connectivity index (χ0n) is 12.7. The van der Waals surface area contributed by atoms with Crippen LogP contribution in [0.25, 0.3) is 5.57 Å². The van der Waals surface area contributed by atoms with Crippen molar-refractivity contribution in [2.45, 2.75) is 19.4 Å². The van der Waals surface area contributed by atoms with Crippen LogP contribution in [0.4, 0.5) is 5.69 Å². The van der Waals surface area contributed by atoms with Gasteiger partial charge < -0.3 is 10.2 Å². The Kier molecular flexibility index (Phi) is 3.58. The predicted octanol–water partition coefficient (Wildman–Crippen LogP) is 4.30. The Morgan fingerprint density at radius 1 is 1.09 bits per heavy atom. The third kappa shape index (κ3) is 2.62. The number of hydrogen-bond acceptors (Lipinski definition) is 2. The molecule has 1 saturated heterocycles. The molecule has 2 aliphatic rings. The molecular formula is C19H17ClN2O. The minimum absolute atomic E-state index is 0.0178. The molecule has 4 rings (SSSR count). The average Bonchev–Trinajstić information content (AvgIpc) is 3.12. The molecular weight excluding hydrogens is 308 g/mol. The monoisotopic (exact) mass is 324 g/mol. The summed E-state index contributed by atoms with van der Waals surface area (Å²) in [7, 11) is 0. The molecule has 116 valence electrons. The topological polar surface area (TPSA) is 32.3 Å². The van der Waals surface area contributed by atoms with E-state index >= 15 is 0 Å². The van der Waals surface area contributed by atoms with E-state index in [9.17, 15) is 4.79 Å². The Hall–Kier alpha value is -2.26. The minimum atomic E-state index is 0.0178. The second kappa shape index (κ2) is 5.74. The Labute approximate surface area is 140 Å². The van der Waals surface area contributed by atoms with Gasteiger partial charge in [-0.25, -0.2) is 0 Å². The molecule has 0 spiro atoms. The van der Waals surface area contributed by atoms with E-state index < -0.39 is 0 Å². The number of anilines is 1. The minimum Gasteiger partial charge on any atom is -0.370 e. The maximum atomic E-state index is 12.4. The van der Waals surface area contributed by atoms with Gasteiger partial charge in [0.05, 0.1) is 5.57 Å². The van der Waals surface area contributed by atoms with Gasteiger partial charge in [0.1, 0.15) is 0 Å². The molecule has 2 aromatic carbocycles. The fourth-order valence-corrected chi connectivity index (χ4v) is 3.53. The predicted molar refractivity (Wildman–Crippen MR) is 93.1 cm³/mol. The first-order valence-corrected chi connectivity index (χ1v) is 8.23. The molecule has 2 aromatic rings. The second-order valence-corrected chi connectivity index (χ2v) is 6.41. The summed E-state index contributed by atoms with van der Waals surface area (Å²) in [5.41, 5.74) is 5.14. The summed E-state index contributed by atoms with van der Waals surface area (Å²) in [5, 5.41) is 3.72. The third-order valence-electron chi connectivity index (χ3n) is 4.47. The van der Waals surface area contributed by atoms with Gasteiger partial charge >= 0.3 is 0 Å². The molecule has 0 atom stereocenters. The normalized spacial score (nSPS) is 19.9. The largest absolute Gasteiger partial charge is 0.370 e. The first kappa shape index (κ1) is 14.3. The number of carbonyl (C=O) groups is 1. The van der Waals surface area contributed by atoms with Gasteiger partial charge in [-0.1, -0.05) is 41.9 Å². The lowest BCUT2D eigenvalue weighted by Gasteiger charge is -2.22. The highest BCUT2D eigenvalue weighted by atomic mass is 35.5. The highest BCUT2D eigenvalue weighted by molar-refractivity contribution is 6.32. The molecule has 0 aromatic heterocycles. The molecule has 23 heavy (non-hydrogen) atoms. The highest BCUT2D eigenvalue weighted by Crippen LogP contribution is 2.38. The molecule has 0 unspecified atom stereocenters. The molecule has 2 aliphatic heterocycles. The van der Waals surface area contributed by atoms with Crippen LogP contribution in [0.2, 0.25) is 5.02 Å². The molecule has 0 aliphatic carbocycles. The van der Waals surface area contributed by atoms with E-state index in [2.05, 4.69) is 10.2 Å². The van der Waals surface area contributed by atoms with Gasteiger partial charge in [-0.2, -0.15) is 0 Å². The summed E-state index contributed by atoms with van der Waals surface area (Å²) >= 11 is 5.96. The number of halogens is 1. The van der Waals surface area contributed by atoms with Gasteiger partial charge in [-0.15, -0.1) is 0 Å². The number of amides is 1. The maximum Gasteiger partial charge on any atom is 0.258 e. The van der Waals surface area contributed by atoms with E-state index in [0.717, 1.165) is 53.5 Å². The third-order valence-corrected chi connectivity index (χ3v) is 4.72. The van der Waals surface area contributed by atoms with Crippen LogP contribution in [0.5, 0.6) is 0 Å². The van der Waals surface area contributed by atoms with E-state index in [1.54, 1.807) is 0 Å². The average molecular weight is 325 g/mol. The SMILES string of the molecule is O=C1Nc2ccccc2/C1=C1/CCCN1Cc1ccc(Cl)cc1.